The molecule has 3 aromatic heterocycles. The SMILES string of the molecule is CC(C)C(=O)N1CCN(c2cc(S(=O)(=O)NC3(C)CC3)cn3c(-c4nnc(C(F)F)s4)ncc23)[C@@H](C)C1. The van der Waals surface area contributed by atoms with Crippen LogP contribution in [-0.2, 0) is 14.8 Å². The molecule has 4 heterocycles. The van der Waals surface area contributed by atoms with E-state index in [1.165, 1.54) is 6.20 Å². The van der Waals surface area contributed by atoms with Crippen molar-refractivity contribution in [2.24, 2.45) is 5.92 Å². The Balaban J connectivity index is 1.60. The van der Waals surface area contributed by atoms with E-state index in [1.54, 1.807) is 16.7 Å². The molecule has 37 heavy (non-hydrogen) atoms. The molecule has 0 bridgehead atoms. The summed E-state index contributed by atoms with van der Waals surface area (Å²) in [7, 11) is -3.89. The summed E-state index contributed by atoms with van der Waals surface area (Å²) in [4.78, 5) is 20.9. The van der Waals surface area contributed by atoms with Crippen molar-refractivity contribution in [3.63, 3.8) is 0 Å². The van der Waals surface area contributed by atoms with E-state index >= 15 is 0 Å². The topological polar surface area (TPSA) is 113 Å². The largest absolute Gasteiger partial charge is 0.363 e. The van der Waals surface area contributed by atoms with Gasteiger partial charge in [0.1, 0.15) is 4.90 Å². The monoisotopic (exact) mass is 553 g/mol. The van der Waals surface area contributed by atoms with E-state index in [2.05, 4.69) is 24.8 Å². The van der Waals surface area contributed by atoms with Crippen LogP contribution in [0.1, 0.15) is 52.0 Å². The first-order valence-corrected chi connectivity index (χ1v) is 14.4. The molecule has 3 aromatic rings. The average Bonchev–Trinajstić information content (AvgIpc) is 3.22. The van der Waals surface area contributed by atoms with Crippen molar-refractivity contribution in [1.82, 2.24) is 29.2 Å². The van der Waals surface area contributed by atoms with Crippen LogP contribution in [0, 0.1) is 5.92 Å². The summed E-state index contributed by atoms with van der Waals surface area (Å²) in [5.74, 6) is 0.195. The molecule has 10 nitrogen and oxygen atoms in total. The minimum atomic E-state index is -3.89. The van der Waals surface area contributed by atoms with Gasteiger partial charge in [-0.1, -0.05) is 25.2 Å². The smallest absolute Gasteiger partial charge is 0.291 e. The second-order valence-electron chi connectivity index (χ2n) is 10.3. The Bertz CT molecular complexity index is 1450. The van der Waals surface area contributed by atoms with Crippen molar-refractivity contribution in [2.45, 2.75) is 63.4 Å². The number of imidazole rings is 1. The van der Waals surface area contributed by atoms with E-state index in [4.69, 9.17) is 0 Å². The fourth-order valence-corrected chi connectivity index (χ4v) is 6.73. The number of aromatic nitrogens is 4. The first-order chi connectivity index (χ1) is 17.4. The minimum absolute atomic E-state index is 0.0360. The predicted octanol–water partition coefficient (Wildman–Crippen LogP) is 3.31. The van der Waals surface area contributed by atoms with Crippen LogP contribution in [0.25, 0.3) is 16.3 Å². The van der Waals surface area contributed by atoms with Gasteiger partial charge >= 0.3 is 0 Å². The van der Waals surface area contributed by atoms with Crippen LogP contribution >= 0.6 is 11.3 Å². The third kappa shape index (κ3) is 4.93. The predicted molar refractivity (Wildman–Crippen MR) is 135 cm³/mol. The minimum Gasteiger partial charge on any atom is -0.363 e. The first kappa shape index (κ1) is 25.9. The molecule has 0 spiro atoms. The van der Waals surface area contributed by atoms with E-state index in [-0.39, 0.29) is 33.6 Å². The van der Waals surface area contributed by atoms with E-state index < -0.39 is 27.0 Å². The van der Waals surface area contributed by atoms with Gasteiger partial charge in [-0.25, -0.2) is 26.9 Å². The summed E-state index contributed by atoms with van der Waals surface area (Å²) < 4.78 is 57.5. The Labute approximate surface area is 217 Å². The highest BCUT2D eigenvalue weighted by atomic mass is 32.2. The molecule has 0 radical (unpaired) electrons. The lowest BCUT2D eigenvalue weighted by Gasteiger charge is -2.42. The van der Waals surface area contributed by atoms with Crippen molar-refractivity contribution < 1.29 is 22.0 Å². The number of nitrogens with zero attached hydrogens (tertiary/aromatic N) is 6. The maximum absolute atomic E-state index is 13.4. The van der Waals surface area contributed by atoms with Gasteiger partial charge in [-0.3, -0.25) is 9.20 Å². The molecule has 1 saturated carbocycles. The van der Waals surface area contributed by atoms with Gasteiger partial charge < -0.3 is 9.80 Å². The van der Waals surface area contributed by atoms with E-state index in [0.717, 1.165) is 12.8 Å². The summed E-state index contributed by atoms with van der Waals surface area (Å²) in [5, 5.41) is 7.17. The molecule has 5 rings (SSSR count). The lowest BCUT2D eigenvalue weighted by molar-refractivity contribution is -0.135. The van der Waals surface area contributed by atoms with Gasteiger partial charge in [0.15, 0.2) is 15.8 Å². The van der Waals surface area contributed by atoms with Crippen LogP contribution in [0.4, 0.5) is 14.5 Å². The maximum atomic E-state index is 13.4. The number of sulfonamides is 1. The lowest BCUT2D eigenvalue weighted by atomic mass is 10.1. The van der Waals surface area contributed by atoms with Crippen LogP contribution in [0.15, 0.2) is 23.4 Å². The third-order valence-electron chi connectivity index (χ3n) is 6.85. The molecule has 1 aliphatic carbocycles. The van der Waals surface area contributed by atoms with Gasteiger partial charge in [-0.15, -0.1) is 10.2 Å². The van der Waals surface area contributed by atoms with Crippen molar-refractivity contribution in [3.8, 4) is 10.8 Å². The third-order valence-corrected chi connectivity index (χ3v) is 9.38. The maximum Gasteiger partial charge on any atom is 0.291 e. The number of hydrogen-bond donors (Lipinski definition) is 1. The highest BCUT2D eigenvalue weighted by Gasteiger charge is 2.42. The molecule has 0 aromatic carbocycles. The molecule has 2 aliphatic rings. The number of alkyl halides is 2. The van der Waals surface area contributed by atoms with Crippen LogP contribution < -0.4 is 9.62 Å². The van der Waals surface area contributed by atoms with E-state index in [0.29, 0.717) is 42.2 Å². The number of rotatable bonds is 7. The summed E-state index contributed by atoms with van der Waals surface area (Å²) in [6.07, 6.45) is 1.77. The fourth-order valence-electron chi connectivity index (χ4n) is 4.56. The van der Waals surface area contributed by atoms with Crippen molar-refractivity contribution in [1.29, 1.82) is 0 Å². The molecule has 1 saturated heterocycles. The number of halogens is 2. The highest BCUT2D eigenvalue weighted by Crippen LogP contribution is 2.38. The second-order valence-corrected chi connectivity index (χ2v) is 13.0. The standard InChI is InChI=1S/C23H29F2N7O3S2/c1-13(2)22(33)30-7-8-31(14(3)11-30)16-9-15(37(34,35)29-23(4)5-6-23)12-32-17(16)10-26-19(32)21-28-27-20(36-21)18(24)25/h9-10,12-14,18,29H,5-8,11H2,1-4H3/t14-/m0/s1. The van der Waals surface area contributed by atoms with Crippen LogP contribution in [0.2, 0.25) is 0 Å². The number of carbonyl (C=O) groups excluding carboxylic acids is 1. The summed E-state index contributed by atoms with van der Waals surface area (Å²) in [6, 6.07) is 1.52. The molecule has 0 unspecified atom stereocenters. The van der Waals surface area contributed by atoms with E-state index in [1.807, 2.05) is 32.6 Å². The molecular formula is C23H29F2N7O3S2. The van der Waals surface area contributed by atoms with Gasteiger partial charge in [-0.05, 0) is 32.8 Å². The van der Waals surface area contributed by atoms with Gasteiger partial charge in [-0.2, -0.15) is 0 Å². The normalized spacial score (nSPS) is 19.8. The van der Waals surface area contributed by atoms with Crippen LogP contribution in [-0.4, -0.2) is 70.0 Å². The number of pyridine rings is 1. The molecule has 1 atom stereocenters. The second kappa shape index (κ2) is 9.24. The summed E-state index contributed by atoms with van der Waals surface area (Å²) in [5.41, 5.74) is 0.758. The zero-order chi connectivity index (χ0) is 26.7. The van der Waals surface area contributed by atoms with Gasteiger partial charge in [0.05, 0.1) is 17.4 Å². The quantitative estimate of drug-likeness (QED) is 0.478. The molecule has 2 fully saturated rings. The van der Waals surface area contributed by atoms with E-state index in [9.17, 15) is 22.0 Å². The number of fused-ring (bicyclic) bond motifs is 1. The number of hydrogen-bond acceptors (Lipinski definition) is 8. The lowest BCUT2D eigenvalue weighted by Crippen LogP contribution is -2.54. The number of anilines is 1. The van der Waals surface area contributed by atoms with Gasteiger partial charge in [0.25, 0.3) is 6.43 Å². The molecule has 1 aliphatic heterocycles. The molecule has 14 heteroatoms. The fraction of sp³-hybridized carbons (Fsp3) is 0.565. The van der Waals surface area contributed by atoms with Crippen LogP contribution in [0.3, 0.4) is 0 Å². The van der Waals surface area contributed by atoms with Gasteiger partial charge in [0, 0.05) is 43.3 Å². The Morgan fingerprint density at radius 3 is 2.57 bits per heavy atom. The van der Waals surface area contributed by atoms with Crippen molar-refractivity contribution in [3.05, 3.63) is 23.5 Å². The molecule has 1 amide bonds. The van der Waals surface area contributed by atoms with Crippen LogP contribution in [0.5, 0.6) is 0 Å². The molecule has 1 N–H and O–H groups in total. The Hall–Kier alpha value is -2.71. The Kier molecular flexibility index (Phi) is 6.47. The van der Waals surface area contributed by atoms with Gasteiger partial charge in [0.2, 0.25) is 15.9 Å². The molecule has 200 valence electrons. The summed E-state index contributed by atoms with van der Waals surface area (Å²) in [6.45, 7) is 9.06. The first-order valence-electron chi connectivity index (χ1n) is 12.1. The van der Waals surface area contributed by atoms with Crippen molar-refractivity contribution >= 4 is 38.5 Å². The van der Waals surface area contributed by atoms with Crippen molar-refractivity contribution in [2.75, 3.05) is 24.5 Å². The number of nitrogens with one attached hydrogen (secondary N) is 1. The number of piperazine rings is 1. The summed E-state index contributed by atoms with van der Waals surface area (Å²) >= 11 is 0.717. The average molecular weight is 554 g/mol. The Morgan fingerprint density at radius 2 is 1.97 bits per heavy atom. The highest BCUT2D eigenvalue weighted by molar-refractivity contribution is 7.89. The zero-order valence-electron chi connectivity index (χ0n) is 21.0. The Morgan fingerprint density at radius 1 is 1.24 bits per heavy atom. The number of carbonyl (C=O) groups is 1. The zero-order valence-corrected chi connectivity index (χ0v) is 22.6. The number of amides is 1. The molecular weight excluding hydrogens is 524 g/mol.